The number of hydrogen-bond donors (Lipinski definition) is 2. The summed E-state index contributed by atoms with van der Waals surface area (Å²) < 4.78 is 13.0. The molecule has 2 heterocycles. The Bertz CT molecular complexity index is 518. The van der Waals surface area contributed by atoms with Crippen LogP contribution < -0.4 is 10.6 Å². The van der Waals surface area contributed by atoms with Crippen molar-refractivity contribution in [1.82, 2.24) is 20.4 Å². The summed E-state index contributed by atoms with van der Waals surface area (Å²) in [5.74, 6) is 1.57. The van der Waals surface area contributed by atoms with Crippen LogP contribution in [0.4, 0.5) is 0 Å². The van der Waals surface area contributed by atoms with Crippen molar-refractivity contribution in [2.75, 3.05) is 46.1 Å². The number of aromatic nitrogens is 2. The van der Waals surface area contributed by atoms with Crippen LogP contribution in [0.25, 0.3) is 0 Å². The molecular weight excluding hydrogens is 457 g/mol. The molecule has 0 aliphatic carbocycles. The van der Waals surface area contributed by atoms with Crippen LogP contribution in [0.2, 0.25) is 0 Å². The van der Waals surface area contributed by atoms with E-state index in [0.29, 0.717) is 5.92 Å². The first-order valence-electron chi connectivity index (χ1n) is 9.93. The third-order valence-electron chi connectivity index (χ3n) is 4.45. The van der Waals surface area contributed by atoms with Crippen molar-refractivity contribution in [1.29, 1.82) is 0 Å². The molecule has 0 aromatic carbocycles. The Labute approximate surface area is 180 Å². The minimum Gasteiger partial charge on any atom is -0.381 e. The predicted octanol–water partition coefficient (Wildman–Crippen LogP) is 2.36. The first-order valence-corrected chi connectivity index (χ1v) is 9.93. The number of aliphatic imine (C=N–C) groups is 1. The lowest BCUT2D eigenvalue weighted by Crippen LogP contribution is -2.38. The standard InChI is InChI=1S/C19H35N5O2.HI/c1-3-20-19(21-9-4-6-18-14-23-24(2)15-18)22-10-5-11-26-16-17-7-12-25-13-8-17;/h14-15,17H,3-13,16H2,1-2H3,(H2,20,21,22);1H. The van der Waals surface area contributed by atoms with Gasteiger partial charge >= 0.3 is 0 Å². The van der Waals surface area contributed by atoms with Gasteiger partial charge in [0, 0.05) is 59.3 Å². The Balaban J connectivity index is 0.00000364. The summed E-state index contributed by atoms with van der Waals surface area (Å²) in [6, 6.07) is 0. The molecule has 0 saturated carbocycles. The zero-order chi connectivity index (χ0) is 18.5. The molecule has 1 aromatic heterocycles. The summed E-state index contributed by atoms with van der Waals surface area (Å²) >= 11 is 0. The summed E-state index contributed by atoms with van der Waals surface area (Å²) in [7, 11) is 1.95. The molecule has 1 aromatic rings. The first-order chi connectivity index (χ1) is 12.8. The summed E-state index contributed by atoms with van der Waals surface area (Å²) in [4.78, 5) is 4.64. The summed E-state index contributed by atoms with van der Waals surface area (Å²) in [5.41, 5.74) is 1.27. The van der Waals surface area contributed by atoms with Gasteiger partial charge in [-0.1, -0.05) is 0 Å². The van der Waals surface area contributed by atoms with Crippen LogP contribution in [0, 0.1) is 5.92 Å². The van der Waals surface area contributed by atoms with E-state index in [2.05, 4.69) is 33.8 Å². The van der Waals surface area contributed by atoms with E-state index < -0.39 is 0 Å². The number of halogens is 1. The molecule has 1 saturated heterocycles. The van der Waals surface area contributed by atoms with Gasteiger partial charge in [-0.3, -0.25) is 9.67 Å². The third-order valence-corrected chi connectivity index (χ3v) is 4.45. The third kappa shape index (κ3) is 10.9. The van der Waals surface area contributed by atoms with Gasteiger partial charge in [-0.2, -0.15) is 5.10 Å². The minimum atomic E-state index is 0. The second-order valence-electron chi connectivity index (χ2n) is 6.80. The molecule has 2 N–H and O–H groups in total. The van der Waals surface area contributed by atoms with E-state index in [1.54, 1.807) is 0 Å². The topological polar surface area (TPSA) is 72.7 Å². The van der Waals surface area contributed by atoms with Crippen LogP contribution >= 0.6 is 24.0 Å². The summed E-state index contributed by atoms with van der Waals surface area (Å²) in [6.07, 6.45) is 9.28. The SMILES string of the molecule is CCNC(=NCCCc1cnn(C)c1)NCCCOCC1CCOCC1.I. The molecule has 0 atom stereocenters. The number of nitrogens with one attached hydrogen (secondary N) is 2. The van der Waals surface area contributed by atoms with Crippen LogP contribution in [0.1, 0.15) is 38.2 Å². The zero-order valence-corrected chi connectivity index (χ0v) is 19.1. The average Bonchev–Trinajstić information content (AvgIpc) is 3.07. The van der Waals surface area contributed by atoms with Crippen molar-refractivity contribution in [3.8, 4) is 0 Å². The maximum Gasteiger partial charge on any atom is 0.191 e. The highest BCUT2D eigenvalue weighted by Crippen LogP contribution is 2.14. The molecule has 156 valence electrons. The van der Waals surface area contributed by atoms with Crippen molar-refractivity contribution >= 4 is 29.9 Å². The second kappa shape index (κ2) is 15.1. The monoisotopic (exact) mass is 493 g/mol. The van der Waals surface area contributed by atoms with E-state index in [-0.39, 0.29) is 24.0 Å². The van der Waals surface area contributed by atoms with Crippen molar-refractivity contribution in [3.05, 3.63) is 18.0 Å². The van der Waals surface area contributed by atoms with E-state index in [0.717, 1.165) is 84.1 Å². The lowest BCUT2D eigenvalue weighted by Gasteiger charge is -2.21. The average molecular weight is 493 g/mol. The molecule has 7 nitrogen and oxygen atoms in total. The highest BCUT2D eigenvalue weighted by atomic mass is 127. The number of nitrogens with zero attached hydrogens (tertiary/aromatic N) is 3. The van der Waals surface area contributed by atoms with Crippen LogP contribution in [-0.2, 0) is 22.9 Å². The van der Waals surface area contributed by atoms with Crippen LogP contribution in [-0.4, -0.2) is 61.8 Å². The number of hydrogen-bond acceptors (Lipinski definition) is 4. The molecule has 0 spiro atoms. The smallest absolute Gasteiger partial charge is 0.191 e. The predicted molar refractivity (Wildman–Crippen MR) is 120 cm³/mol. The van der Waals surface area contributed by atoms with Gasteiger partial charge in [-0.25, -0.2) is 0 Å². The lowest BCUT2D eigenvalue weighted by atomic mass is 10.0. The fourth-order valence-electron chi connectivity index (χ4n) is 2.96. The first kappa shape index (κ1) is 24.2. The van der Waals surface area contributed by atoms with Crippen LogP contribution in [0.3, 0.4) is 0 Å². The fraction of sp³-hybridized carbons (Fsp3) is 0.789. The van der Waals surface area contributed by atoms with Crippen molar-refractivity contribution < 1.29 is 9.47 Å². The molecular formula is C19H36IN5O2. The van der Waals surface area contributed by atoms with Gasteiger partial charge in [0.2, 0.25) is 0 Å². The molecule has 1 aliphatic heterocycles. The molecule has 2 rings (SSSR count). The number of ether oxygens (including phenoxy) is 2. The van der Waals surface area contributed by atoms with Gasteiger partial charge in [-0.05, 0) is 50.5 Å². The van der Waals surface area contributed by atoms with Crippen molar-refractivity contribution in [3.63, 3.8) is 0 Å². The maximum atomic E-state index is 5.80. The molecule has 0 unspecified atom stereocenters. The largest absolute Gasteiger partial charge is 0.381 e. The Hall–Kier alpha value is -0.870. The van der Waals surface area contributed by atoms with Gasteiger partial charge < -0.3 is 20.1 Å². The highest BCUT2D eigenvalue weighted by Gasteiger charge is 2.13. The molecule has 0 bridgehead atoms. The Morgan fingerprint density at radius 3 is 2.85 bits per heavy atom. The zero-order valence-electron chi connectivity index (χ0n) is 16.8. The van der Waals surface area contributed by atoms with Crippen LogP contribution in [0.5, 0.6) is 0 Å². The molecule has 0 radical (unpaired) electrons. The van der Waals surface area contributed by atoms with Gasteiger partial charge in [0.05, 0.1) is 6.20 Å². The fourth-order valence-corrected chi connectivity index (χ4v) is 2.96. The molecule has 8 heteroatoms. The van der Waals surface area contributed by atoms with Crippen molar-refractivity contribution in [2.45, 2.75) is 39.0 Å². The number of aryl methyl sites for hydroxylation is 2. The molecule has 27 heavy (non-hydrogen) atoms. The van der Waals surface area contributed by atoms with E-state index in [4.69, 9.17) is 9.47 Å². The molecule has 0 amide bonds. The van der Waals surface area contributed by atoms with Gasteiger partial charge in [-0.15, -0.1) is 24.0 Å². The van der Waals surface area contributed by atoms with E-state index in [1.807, 2.05) is 17.9 Å². The quantitative estimate of drug-likeness (QED) is 0.214. The van der Waals surface area contributed by atoms with Crippen molar-refractivity contribution in [2.24, 2.45) is 18.0 Å². The maximum absolute atomic E-state index is 5.80. The van der Waals surface area contributed by atoms with Gasteiger partial charge in [0.15, 0.2) is 5.96 Å². The lowest BCUT2D eigenvalue weighted by molar-refractivity contribution is 0.0203. The minimum absolute atomic E-state index is 0. The Morgan fingerprint density at radius 2 is 2.15 bits per heavy atom. The Kier molecular flexibility index (Phi) is 13.5. The highest BCUT2D eigenvalue weighted by molar-refractivity contribution is 14.0. The Morgan fingerprint density at radius 1 is 1.33 bits per heavy atom. The number of rotatable bonds is 11. The van der Waals surface area contributed by atoms with Gasteiger partial charge in [0.25, 0.3) is 0 Å². The van der Waals surface area contributed by atoms with E-state index in [9.17, 15) is 0 Å². The summed E-state index contributed by atoms with van der Waals surface area (Å²) in [5, 5.41) is 10.9. The molecule has 1 fully saturated rings. The van der Waals surface area contributed by atoms with Crippen LogP contribution in [0.15, 0.2) is 17.4 Å². The van der Waals surface area contributed by atoms with Gasteiger partial charge in [0.1, 0.15) is 0 Å². The second-order valence-corrected chi connectivity index (χ2v) is 6.80. The summed E-state index contributed by atoms with van der Waals surface area (Å²) in [6.45, 7) is 8.08. The number of guanidine groups is 1. The van der Waals surface area contributed by atoms with E-state index in [1.165, 1.54) is 5.56 Å². The van der Waals surface area contributed by atoms with E-state index >= 15 is 0 Å². The molecule has 1 aliphatic rings. The normalized spacial score (nSPS) is 15.4.